The van der Waals surface area contributed by atoms with Gasteiger partial charge in [-0.2, -0.15) is 4.98 Å². The SMILES string of the molecule is Nc1nc2c(ncn2[C@@H](CCF)O[C@@H](CF)COP(O)(O)=S)c(=O)[nH]1. The molecule has 25 heavy (non-hydrogen) atoms. The first-order valence-electron chi connectivity index (χ1n) is 6.95. The van der Waals surface area contributed by atoms with E-state index in [4.69, 9.17) is 20.3 Å². The van der Waals surface area contributed by atoms with Crippen LogP contribution in [0.4, 0.5) is 14.7 Å². The average molecular weight is 399 g/mol. The Bertz CT molecular complexity index is 827. The molecule has 2 atom stereocenters. The molecule has 0 aliphatic rings. The molecule has 0 saturated heterocycles. The molecule has 0 bridgehead atoms. The molecule has 14 heteroatoms. The fourth-order valence-corrected chi connectivity index (χ4v) is 2.59. The van der Waals surface area contributed by atoms with Gasteiger partial charge < -0.3 is 24.8 Å². The second kappa shape index (κ2) is 8.25. The number of imidazole rings is 1. The Hall–Kier alpha value is -1.50. The summed E-state index contributed by atoms with van der Waals surface area (Å²) in [6.45, 7) is -6.41. The maximum atomic E-state index is 13.1. The zero-order valence-electron chi connectivity index (χ0n) is 12.7. The number of alkyl halides is 2. The van der Waals surface area contributed by atoms with Crippen molar-refractivity contribution in [3.63, 3.8) is 0 Å². The molecule has 5 N–H and O–H groups in total. The first-order chi connectivity index (χ1) is 11.7. The Labute approximate surface area is 144 Å². The summed E-state index contributed by atoms with van der Waals surface area (Å²) in [6.07, 6.45) is -1.35. The van der Waals surface area contributed by atoms with Crippen molar-refractivity contribution >= 4 is 35.6 Å². The van der Waals surface area contributed by atoms with E-state index < -0.39 is 44.6 Å². The summed E-state index contributed by atoms with van der Waals surface area (Å²) >= 11 is 4.27. The van der Waals surface area contributed by atoms with Crippen LogP contribution in [0.25, 0.3) is 11.2 Å². The van der Waals surface area contributed by atoms with Gasteiger partial charge in [0.2, 0.25) is 5.95 Å². The molecular weight excluding hydrogens is 383 g/mol. The van der Waals surface area contributed by atoms with Crippen LogP contribution >= 0.6 is 6.72 Å². The second-order valence-electron chi connectivity index (χ2n) is 4.91. The van der Waals surface area contributed by atoms with Crippen molar-refractivity contribution < 1.29 is 27.8 Å². The normalized spacial score (nSPS) is 14.7. The van der Waals surface area contributed by atoms with E-state index in [0.29, 0.717) is 0 Å². The molecule has 0 saturated carbocycles. The second-order valence-corrected chi connectivity index (χ2v) is 7.57. The van der Waals surface area contributed by atoms with Gasteiger partial charge in [-0.25, -0.2) is 9.37 Å². The number of nitrogens with zero attached hydrogens (tertiary/aromatic N) is 3. The zero-order valence-corrected chi connectivity index (χ0v) is 14.4. The van der Waals surface area contributed by atoms with Crippen LogP contribution in [0.2, 0.25) is 0 Å². The molecule has 2 aromatic rings. The molecule has 0 aliphatic heterocycles. The molecule has 0 spiro atoms. The smallest absolute Gasteiger partial charge is 0.321 e. The number of ether oxygens (including phenoxy) is 1. The Morgan fingerprint density at radius 3 is 2.80 bits per heavy atom. The Balaban J connectivity index is 2.28. The minimum absolute atomic E-state index is 0.0349. The van der Waals surface area contributed by atoms with Gasteiger partial charge in [-0.1, -0.05) is 0 Å². The standard InChI is InChI=1S/C11H16F2N5O5PS/c12-2-1-7(23-6(3-13)4-22-24(20,21)25)18-5-15-8-9(18)16-11(14)17-10(8)19/h5-7H,1-4H2,(H2,20,21,25)(H3,14,16,17,19)/t6-,7+/m0/s1. The maximum Gasteiger partial charge on any atom is 0.321 e. The quantitative estimate of drug-likeness (QED) is 0.432. The monoisotopic (exact) mass is 399 g/mol. The van der Waals surface area contributed by atoms with E-state index in [-0.39, 0.29) is 23.5 Å². The van der Waals surface area contributed by atoms with Crippen LogP contribution in [-0.4, -0.2) is 55.4 Å². The lowest BCUT2D eigenvalue weighted by atomic mass is 10.3. The van der Waals surface area contributed by atoms with E-state index >= 15 is 0 Å². The Morgan fingerprint density at radius 1 is 1.48 bits per heavy atom. The van der Waals surface area contributed by atoms with Crippen molar-refractivity contribution in [2.45, 2.75) is 18.8 Å². The van der Waals surface area contributed by atoms with Crippen molar-refractivity contribution in [1.82, 2.24) is 19.5 Å². The first-order valence-corrected chi connectivity index (χ1v) is 9.57. The molecule has 140 valence electrons. The minimum Gasteiger partial charge on any atom is -0.369 e. The van der Waals surface area contributed by atoms with Gasteiger partial charge in [-0.05, 0) is 11.8 Å². The van der Waals surface area contributed by atoms with Crippen molar-refractivity contribution in [3.8, 4) is 0 Å². The predicted molar refractivity (Wildman–Crippen MR) is 87.7 cm³/mol. The lowest BCUT2D eigenvalue weighted by Gasteiger charge is -2.24. The number of anilines is 1. The van der Waals surface area contributed by atoms with Crippen LogP contribution in [0.15, 0.2) is 11.1 Å². The van der Waals surface area contributed by atoms with Gasteiger partial charge >= 0.3 is 6.72 Å². The summed E-state index contributed by atoms with van der Waals surface area (Å²) in [7, 11) is 0. The lowest BCUT2D eigenvalue weighted by Crippen LogP contribution is -2.27. The number of hydrogen-bond acceptors (Lipinski definition) is 7. The molecule has 10 nitrogen and oxygen atoms in total. The van der Waals surface area contributed by atoms with Crippen LogP contribution < -0.4 is 11.3 Å². The fraction of sp³-hybridized carbons (Fsp3) is 0.545. The number of halogens is 2. The molecule has 0 radical (unpaired) electrons. The maximum absolute atomic E-state index is 13.1. The van der Waals surface area contributed by atoms with E-state index in [1.165, 1.54) is 10.9 Å². The number of hydrogen-bond donors (Lipinski definition) is 4. The fourth-order valence-electron chi connectivity index (χ4n) is 2.04. The van der Waals surface area contributed by atoms with Crippen molar-refractivity contribution in [2.24, 2.45) is 0 Å². The molecular formula is C11H16F2N5O5PS. The topological polar surface area (TPSA) is 149 Å². The van der Waals surface area contributed by atoms with Crippen molar-refractivity contribution in [3.05, 3.63) is 16.7 Å². The van der Waals surface area contributed by atoms with E-state index in [0.717, 1.165) is 0 Å². The highest BCUT2D eigenvalue weighted by Gasteiger charge is 2.23. The summed E-state index contributed by atoms with van der Waals surface area (Å²) in [5.74, 6) is -0.176. The predicted octanol–water partition coefficient (Wildman–Crippen LogP) is 0.140. The van der Waals surface area contributed by atoms with Crippen LogP contribution in [0.1, 0.15) is 12.6 Å². The third kappa shape index (κ3) is 5.23. The van der Waals surface area contributed by atoms with Crippen LogP contribution in [0, 0.1) is 0 Å². The Morgan fingerprint density at radius 2 is 2.20 bits per heavy atom. The molecule has 2 heterocycles. The molecule has 2 rings (SSSR count). The van der Waals surface area contributed by atoms with E-state index in [1.807, 2.05) is 0 Å². The van der Waals surface area contributed by atoms with E-state index in [9.17, 15) is 13.6 Å². The third-order valence-electron chi connectivity index (χ3n) is 3.07. The highest BCUT2D eigenvalue weighted by molar-refractivity contribution is 8.06. The molecule has 0 fully saturated rings. The average Bonchev–Trinajstić information content (AvgIpc) is 2.93. The van der Waals surface area contributed by atoms with Gasteiger partial charge in [0.15, 0.2) is 11.2 Å². The van der Waals surface area contributed by atoms with Gasteiger partial charge in [0.05, 0.1) is 19.6 Å². The highest BCUT2D eigenvalue weighted by atomic mass is 32.5. The van der Waals surface area contributed by atoms with Crippen LogP contribution in [-0.2, 0) is 21.1 Å². The van der Waals surface area contributed by atoms with Crippen LogP contribution in [0.3, 0.4) is 0 Å². The van der Waals surface area contributed by atoms with E-state index in [1.54, 1.807) is 0 Å². The number of aromatic nitrogens is 4. The summed E-state index contributed by atoms with van der Waals surface area (Å²) in [5, 5.41) is 0. The summed E-state index contributed by atoms with van der Waals surface area (Å²) in [6, 6.07) is 0. The summed E-state index contributed by atoms with van der Waals surface area (Å²) in [4.78, 5) is 39.9. The molecule has 2 aromatic heterocycles. The van der Waals surface area contributed by atoms with Gasteiger partial charge in [-0.3, -0.25) is 18.7 Å². The highest BCUT2D eigenvalue weighted by Crippen LogP contribution is 2.36. The number of rotatable bonds is 9. The number of nitrogens with one attached hydrogen (secondary N) is 1. The largest absolute Gasteiger partial charge is 0.369 e. The number of nitrogen functional groups attached to an aromatic ring is 1. The number of nitrogens with two attached hydrogens (primary N) is 1. The number of H-pyrrole nitrogens is 1. The molecule has 0 amide bonds. The number of aromatic amines is 1. The van der Waals surface area contributed by atoms with Gasteiger partial charge in [0, 0.05) is 6.42 Å². The molecule has 0 aromatic carbocycles. The third-order valence-corrected chi connectivity index (χ3v) is 3.87. The molecule has 0 unspecified atom stereocenters. The van der Waals surface area contributed by atoms with E-state index in [2.05, 4.69) is 31.3 Å². The first kappa shape index (κ1) is 19.8. The summed E-state index contributed by atoms with van der Waals surface area (Å²) < 4.78 is 37.2. The van der Waals surface area contributed by atoms with Gasteiger partial charge in [-0.15, -0.1) is 0 Å². The minimum atomic E-state index is -3.98. The Kier molecular flexibility index (Phi) is 6.54. The van der Waals surface area contributed by atoms with Crippen molar-refractivity contribution in [1.29, 1.82) is 0 Å². The molecule has 0 aliphatic carbocycles. The van der Waals surface area contributed by atoms with Gasteiger partial charge in [0.25, 0.3) is 5.56 Å². The van der Waals surface area contributed by atoms with Gasteiger partial charge in [0.1, 0.15) is 19.0 Å². The zero-order chi connectivity index (χ0) is 18.6. The number of fused-ring (bicyclic) bond motifs is 1. The van der Waals surface area contributed by atoms with Crippen LogP contribution in [0.5, 0.6) is 0 Å². The lowest BCUT2D eigenvalue weighted by molar-refractivity contribution is -0.0837. The summed E-state index contributed by atoms with van der Waals surface area (Å²) in [5.41, 5.74) is 4.88. The van der Waals surface area contributed by atoms with Crippen molar-refractivity contribution in [2.75, 3.05) is 25.7 Å².